The van der Waals surface area contributed by atoms with Crippen molar-refractivity contribution in [3.63, 3.8) is 0 Å². The molecule has 1 aliphatic carbocycles. The number of methoxy groups -OCH3 is 2. The number of anilines is 1. The summed E-state index contributed by atoms with van der Waals surface area (Å²) in [5.41, 5.74) is -0.249. The predicted molar refractivity (Wildman–Crippen MR) is 77.3 cm³/mol. The lowest BCUT2D eigenvalue weighted by molar-refractivity contribution is -0.158. The fraction of sp³-hybridized carbons (Fsp3) is 0.600. The average molecular weight is 302 g/mol. The minimum Gasteiger partial charge on any atom is -0.468 e. The van der Waals surface area contributed by atoms with Crippen molar-refractivity contribution in [1.29, 1.82) is 5.26 Å². The third kappa shape index (κ3) is 2.40. The van der Waals surface area contributed by atoms with Crippen LogP contribution in [0.15, 0.2) is 6.20 Å². The highest BCUT2D eigenvalue weighted by atomic mass is 16.5. The number of ether oxygens (including phenoxy) is 2. The van der Waals surface area contributed by atoms with E-state index in [0.29, 0.717) is 37.0 Å². The minimum absolute atomic E-state index is 0.290. The summed E-state index contributed by atoms with van der Waals surface area (Å²) in [6.45, 7) is 1.16. The zero-order valence-electron chi connectivity index (χ0n) is 12.7. The van der Waals surface area contributed by atoms with Crippen molar-refractivity contribution >= 4 is 11.8 Å². The van der Waals surface area contributed by atoms with E-state index in [1.54, 1.807) is 13.3 Å². The molecule has 0 aromatic carbocycles. The van der Waals surface area contributed by atoms with Crippen LogP contribution in [0.5, 0.6) is 0 Å². The van der Waals surface area contributed by atoms with Crippen LogP contribution in [0.2, 0.25) is 0 Å². The number of nitrogens with zero attached hydrogens (tertiary/aromatic N) is 4. The number of rotatable bonds is 5. The summed E-state index contributed by atoms with van der Waals surface area (Å²) in [5.74, 6) is 1.52. The number of hydrogen-bond donors (Lipinski definition) is 0. The van der Waals surface area contributed by atoms with Gasteiger partial charge in [-0.3, -0.25) is 4.79 Å². The molecule has 0 N–H and O–H groups in total. The fourth-order valence-electron chi connectivity index (χ4n) is 2.85. The molecule has 22 heavy (non-hydrogen) atoms. The highest BCUT2D eigenvalue weighted by Crippen LogP contribution is 2.40. The lowest BCUT2D eigenvalue weighted by Crippen LogP contribution is -2.63. The van der Waals surface area contributed by atoms with E-state index in [1.165, 1.54) is 7.11 Å². The van der Waals surface area contributed by atoms with Crippen molar-refractivity contribution in [2.24, 2.45) is 5.41 Å². The van der Waals surface area contributed by atoms with Crippen molar-refractivity contribution in [2.75, 3.05) is 38.8 Å². The second-order valence-corrected chi connectivity index (χ2v) is 5.91. The summed E-state index contributed by atoms with van der Waals surface area (Å²) >= 11 is 0. The molecular formula is C15H18N4O3. The molecule has 2 aliphatic rings. The van der Waals surface area contributed by atoms with Crippen LogP contribution in [0.4, 0.5) is 5.82 Å². The van der Waals surface area contributed by atoms with Crippen LogP contribution in [0.1, 0.15) is 30.1 Å². The van der Waals surface area contributed by atoms with E-state index >= 15 is 0 Å². The second-order valence-electron chi connectivity index (χ2n) is 5.91. The van der Waals surface area contributed by atoms with E-state index in [2.05, 4.69) is 16.0 Å². The smallest absolute Gasteiger partial charge is 0.317 e. The van der Waals surface area contributed by atoms with Gasteiger partial charge in [-0.05, 0) is 12.8 Å². The summed E-state index contributed by atoms with van der Waals surface area (Å²) < 4.78 is 10.0. The highest BCUT2D eigenvalue weighted by Gasteiger charge is 2.51. The van der Waals surface area contributed by atoms with Crippen LogP contribution in [-0.2, 0) is 14.3 Å². The molecule has 7 heteroatoms. The maximum atomic E-state index is 12.0. The molecule has 0 atom stereocenters. The summed E-state index contributed by atoms with van der Waals surface area (Å²) in [7, 11) is 2.93. The molecule has 0 radical (unpaired) electrons. The van der Waals surface area contributed by atoms with Crippen LogP contribution in [-0.4, -0.2) is 49.9 Å². The van der Waals surface area contributed by atoms with Crippen molar-refractivity contribution in [3.8, 4) is 6.07 Å². The molecule has 2 heterocycles. The summed E-state index contributed by atoms with van der Waals surface area (Å²) in [5, 5.41) is 9.25. The molecule has 1 aromatic heterocycles. The van der Waals surface area contributed by atoms with Gasteiger partial charge in [-0.1, -0.05) is 0 Å². The van der Waals surface area contributed by atoms with Crippen LogP contribution in [0, 0.1) is 16.7 Å². The summed E-state index contributed by atoms with van der Waals surface area (Å²) in [6, 6.07) is 2.12. The number of aromatic nitrogens is 2. The minimum atomic E-state index is -0.680. The highest BCUT2D eigenvalue weighted by molar-refractivity contribution is 5.81. The van der Waals surface area contributed by atoms with Crippen molar-refractivity contribution in [2.45, 2.75) is 18.8 Å². The normalized spacial score (nSPS) is 19.2. The molecule has 1 aliphatic heterocycles. The Morgan fingerprint density at radius 3 is 2.77 bits per heavy atom. The van der Waals surface area contributed by atoms with Gasteiger partial charge < -0.3 is 14.4 Å². The maximum absolute atomic E-state index is 12.0. The largest absolute Gasteiger partial charge is 0.468 e. The second kappa shape index (κ2) is 5.54. The molecule has 0 amide bonds. The quantitative estimate of drug-likeness (QED) is 0.745. The zero-order valence-corrected chi connectivity index (χ0v) is 12.7. The Balaban J connectivity index is 1.83. The Hall–Kier alpha value is -2.20. The van der Waals surface area contributed by atoms with Gasteiger partial charge >= 0.3 is 5.97 Å². The van der Waals surface area contributed by atoms with E-state index in [4.69, 9.17) is 9.47 Å². The fourth-order valence-corrected chi connectivity index (χ4v) is 2.85. The average Bonchev–Trinajstić information content (AvgIpc) is 3.34. The van der Waals surface area contributed by atoms with Crippen LogP contribution in [0.25, 0.3) is 0 Å². The van der Waals surface area contributed by atoms with Crippen LogP contribution in [0.3, 0.4) is 0 Å². The number of esters is 1. The Labute approximate surface area is 128 Å². The monoisotopic (exact) mass is 302 g/mol. The molecule has 1 aromatic rings. The van der Waals surface area contributed by atoms with Gasteiger partial charge in [0.15, 0.2) is 0 Å². The predicted octanol–water partition coefficient (Wildman–Crippen LogP) is 0.851. The molecule has 2 fully saturated rings. The van der Waals surface area contributed by atoms with Gasteiger partial charge in [-0.15, -0.1) is 0 Å². The van der Waals surface area contributed by atoms with Crippen LogP contribution < -0.4 is 4.90 Å². The number of nitriles is 1. The SMILES string of the molecule is COCC1(C(=O)OC)CN(c2nc(C3CC3)ncc2C#N)C1. The molecule has 0 spiro atoms. The molecule has 1 saturated carbocycles. The molecule has 0 bridgehead atoms. The standard InChI is InChI=1S/C15H18N4O3/c1-21-9-15(14(20)22-2)7-19(8-15)13-11(5-16)6-17-12(18-13)10-3-4-10/h6,10H,3-4,7-9H2,1-2H3. The van der Waals surface area contributed by atoms with Gasteiger partial charge in [-0.25, -0.2) is 9.97 Å². The summed E-state index contributed by atoms with van der Waals surface area (Å²) in [4.78, 5) is 22.7. The van der Waals surface area contributed by atoms with Gasteiger partial charge in [0.2, 0.25) is 0 Å². The topological polar surface area (TPSA) is 88.3 Å². The molecular weight excluding hydrogens is 284 g/mol. The molecule has 7 nitrogen and oxygen atoms in total. The lowest BCUT2D eigenvalue weighted by Gasteiger charge is -2.48. The number of carbonyl (C=O) groups is 1. The molecule has 1 saturated heterocycles. The first kappa shape index (κ1) is 14.7. The Kier molecular flexibility index (Phi) is 3.71. The third-order valence-electron chi connectivity index (χ3n) is 4.18. The first-order valence-electron chi connectivity index (χ1n) is 7.23. The molecule has 116 valence electrons. The van der Waals surface area contributed by atoms with Gasteiger partial charge in [0.25, 0.3) is 0 Å². The Morgan fingerprint density at radius 1 is 1.50 bits per heavy atom. The first-order chi connectivity index (χ1) is 10.6. The van der Waals surface area contributed by atoms with E-state index < -0.39 is 5.41 Å². The third-order valence-corrected chi connectivity index (χ3v) is 4.18. The zero-order chi connectivity index (χ0) is 15.7. The Morgan fingerprint density at radius 2 is 2.23 bits per heavy atom. The van der Waals surface area contributed by atoms with E-state index in [9.17, 15) is 10.1 Å². The molecule has 0 unspecified atom stereocenters. The van der Waals surface area contributed by atoms with Gasteiger partial charge in [-0.2, -0.15) is 5.26 Å². The van der Waals surface area contributed by atoms with Crippen LogP contribution >= 0.6 is 0 Å². The van der Waals surface area contributed by atoms with Crippen molar-refractivity contribution in [1.82, 2.24) is 9.97 Å². The van der Waals surface area contributed by atoms with Gasteiger partial charge in [0.1, 0.15) is 28.7 Å². The summed E-state index contributed by atoms with van der Waals surface area (Å²) in [6.07, 6.45) is 3.77. The number of hydrogen-bond acceptors (Lipinski definition) is 7. The van der Waals surface area contributed by atoms with E-state index in [0.717, 1.165) is 18.7 Å². The van der Waals surface area contributed by atoms with Crippen molar-refractivity contribution < 1.29 is 14.3 Å². The van der Waals surface area contributed by atoms with Gasteiger partial charge in [0.05, 0.1) is 19.9 Å². The van der Waals surface area contributed by atoms with Crippen molar-refractivity contribution in [3.05, 3.63) is 17.6 Å². The molecule has 3 rings (SSSR count). The van der Waals surface area contributed by atoms with E-state index in [-0.39, 0.29) is 5.97 Å². The lowest BCUT2D eigenvalue weighted by atomic mass is 9.80. The maximum Gasteiger partial charge on any atom is 0.317 e. The Bertz CT molecular complexity index is 630. The number of carbonyl (C=O) groups excluding carboxylic acids is 1. The van der Waals surface area contributed by atoms with E-state index in [1.807, 2.05) is 4.90 Å². The first-order valence-corrected chi connectivity index (χ1v) is 7.23. The van der Waals surface area contributed by atoms with Gasteiger partial charge in [0, 0.05) is 26.1 Å².